The number of amides is 1. The molecule has 0 unspecified atom stereocenters. The Bertz CT molecular complexity index is 1110. The van der Waals surface area contributed by atoms with Crippen molar-refractivity contribution in [1.29, 1.82) is 0 Å². The molecule has 3 fully saturated rings. The van der Waals surface area contributed by atoms with Gasteiger partial charge in [-0.2, -0.15) is 0 Å². The molecular formula is C26H32N2O4S. The van der Waals surface area contributed by atoms with Crippen molar-refractivity contribution in [1.82, 2.24) is 9.62 Å². The molecule has 5 rings (SSSR count). The van der Waals surface area contributed by atoms with Crippen molar-refractivity contribution in [3.63, 3.8) is 0 Å². The van der Waals surface area contributed by atoms with Crippen LogP contribution in [0.5, 0.6) is 0 Å². The average molecular weight is 469 g/mol. The number of nitrogens with zero attached hydrogens (tertiary/aromatic N) is 1. The van der Waals surface area contributed by atoms with Crippen LogP contribution < -0.4 is 4.72 Å². The Labute approximate surface area is 196 Å². The summed E-state index contributed by atoms with van der Waals surface area (Å²) in [5.74, 6) is 0.115. The average Bonchev–Trinajstić information content (AvgIpc) is 3.49. The Morgan fingerprint density at radius 2 is 1.85 bits per heavy atom. The molecular weight excluding hydrogens is 436 g/mol. The zero-order valence-corrected chi connectivity index (χ0v) is 19.9. The fourth-order valence-electron chi connectivity index (χ4n) is 5.33. The minimum absolute atomic E-state index is 0.00827. The zero-order valence-electron chi connectivity index (χ0n) is 19.1. The van der Waals surface area contributed by atoms with Gasteiger partial charge in [0.05, 0.1) is 18.4 Å². The molecule has 1 aliphatic carbocycles. The normalized spacial score (nSPS) is 25.7. The van der Waals surface area contributed by atoms with Gasteiger partial charge in [0.1, 0.15) is 6.10 Å². The van der Waals surface area contributed by atoms with Crippen LogP contribution in [0.25, 0.3) is 11.1 Å². The lowest BCUT2D eigenvalue weighted by Gasteiger charge is -2.34. The molecule has 7 heteroatoms. The molecule has 1 N–H and O–H groups in total. The van der Waals surface area contributed by atoms with Crippen LogP contribution in [0, 0.1) is 5.41 Å². The molecule has 1 amide bonds. The molecule has 2 heterocycles. The maximum atomic E-state index is 13.3. The third kappa shape index (κ3) is 4.59. The summed E-state index contributed by atoms with van der Waals surface area (Å²) < 4.78 is 34.1. The van der Waals surface area contributed by atoms with Crippen molar-refractivity contribution in [3.8, 4) is 11.1 Å². The summed E-state index contributed by atoms with van der Waals surface area (Å²) >= 11 is 0. The lowest BCUT2D eigenvalue weighted by molar-refractivity contribution is -0.157. The van der Waals surface area contributed by atoms with Crippen molar-refractivity contribution in [3.05, 3.63) is 60.2 Å². The Balaban J connectivity index is 1.46. The monoisotopic (exact) mass is 468 g/mol. The van der Waals surface area contributed by atoms with Gasteiger partial charge in [-0.3, -0.25) is 4.79 Å². The topological polar surface area (TPSA) is 75.7 Å². The van der Waals surface area contributed by atoms with Gasteiger partial charge >= 0.3 is 0 Å². The minimum Gasteiger partial charge on any atom is -0.368 e. The number of hydrogen-bond donors (Lipinski definition) is 1. The summed E-state index contributed by atoms with van der Waals surface area (Å²) in [6, 6.07) is 18.1. The molecule has 3 atom stereocenters. The van der Waals surface area contributed by atoms with Crippen LogP contribution in [0.3, 0.4) is 0 Å². The first-order valence-electron chi connectivity index (χ1n) is 12.0. The number of ether oxygens (including phenoxy) is 1. The molecule has 176 valence electrons. The summed E-state index contributed by atoms with van der Waals surface area (Å²) in [5.41, 5.74) is 3.21. The number of likely N-dealkylation sites (tertiary alicyclic amines) is 1. The highest BCUT2D eigenvalue weighted by atomic mass is 32.2. The number of nitrogens with one attached hydrogen (secondary N) is 1. The van der Waals surface area contributed by atoms with E-state index in [0.717, 1.165) is 36.0 Å². The maximum absolute atomic E-state index is 13.3. The SMILES string of the molecule is CCCS(=O)(=O)N[C@@H]1[C@H](Cc2cccc(-c3ccccc3)c2)N(C(=O)[C@H]2CCO2)CC12CC2. The van der Waals surface area contributed by atoms with Crippen LogP contribution in [-0.2, 0) is 26.0 Å². The second kappa shape index (κ2) is 8.85. The van der Waals surface area contributed by atoms with Gasteiger partial charge in [0, 0.05) is 24.4 Å². The van der Waals surface area contributed by atoms with E-state index in [9.17, 15) is 13.2 Å². The fourth-order valence-corrected chi connectivity index (χ4v) is 6.78. The first kappa shape index (κ1) is 22.6. The highest BCUT2D eigenvalue weighted by Crippen LogP contribution is 2.55. The van der Waals surface area contributed by atoms with Crippen molar-refractivity contribution in [2.45, 2.75) is 57.2 Å². The molecule has 0 bridgehead atoms. The van der Waals surface area contributed by atoms with Gasteiger partial charge in [0.25, 0.3) is 5.91 Å². The summed E-state index contributed by atoms with van der Waals surface area (Å²) in [5, 5.41) is 0. The molecule has 6 nitrogen and oxygen atoms in total. The number of rotatable bonds is 8. The number of carbonyl (C=O) groups excluding carboxylic acids is 1. The molecule has 0 radical (unpaired) electrons. The summed E-state index contributed by atoms with van der Waals surface area (Å²) in [4.78, 5) is 15.2. The Kier molecular flexibility index (Phi) is 6.05. The largest absolute Gasteiger partial charge is 0.368 e. The van der Waals surface area contributed by atoms with E-state index in [1.165, 1.54) is 0 Å². The second-order valence-electron chi connectivity index (χ2n) is 9.73. The van der Waals surface area contributed by atoms with Crippen molar-refractivity contribution >= 4 is 15.9 Å². The minimum atomic E-state index is -3.40. The van der Waals surface area contributed by atoms with Gasteiger partial charge < -0.3 is 9.64 Å². The van der Waals surface area contributed by atoms with Crippen LogP contribution in [-0.4, -0.2) is 56.3 Å². The van der Waals surface area contributed by atoms with Gasteiger partial charge in [-0.15, -0.1) is 0 Å². The number of sulfonamides is 1. The van der Waals surface area contributed by atoms with Crippen LogP contribution in [0.2, 0.25) is 0 Å². The molecule has 1 spiro atoms. The number of benzene rings is 2. The molecule has 2 aromatic rings. The van der Waals surface area contributed by atoms with Gasteiger partial charge in [-0.05, 0) is 42.4 Å². The van der Waals surface area contributed by atoms with Crippen LogP contribution in [0.4, 0.5) is 0 Å². The van der Waals surface area contributed by atoms with Gasteiger partial charge in [-0.25, -0.2) is 13.1 Å². The highest BCUT2D eigenvalue weighted by Gasteiger charge is 2.61. The Morgan fingerprint density at radius 1 is 1.12 bits per heavy atom. The standard InChI is InChI=1S/C26H32N2O4S/c1-2-15-33(30,31)27-24-22(28(18-26(24)12-13-26)25(29)23-11-14-32-23)17-19-7-6-10-21(16-19)20-8-4-3-5-9-20/h3-10,16,22-24,27H,2,11-15,17-18H2,1H3/t22-,23+,24+/m0/s1. The zero-order chi connectivity index (χ0) is 23.1. The first-order chi connectivity index (χ1) is 15.9. The van der Waals surface area contributed by atoms with Crippen LogP contribution in [0.15, 0.2) is 54.6 Å². The van der Waals surface area contributed by atoms with E-state index in [2.05, 4.69) is 35.1 Å². The number of carbonyl (C=O) groups is 1. The van der Waals surface area contributed by atoms with Gasteiger partial charge in [0.15, 0.2) is 0 Å². The quantitative estimate of drug-likeness (QED) is 0.645. The summed E-state index contributed by atoms with van der Waals surface area (Å²) in [6.07, 6.45) is 3.43. The summed E-state index contributed by atoms with van der Waals surface area (Å²) in [7, 11) is -3.40. The van der Waals surface area contributed by atoms with E-state index in [-0.39, 0.29) is 35.3 Å². The molecule has 2 saturated heterocycles. The predicted octanol–water partition coefficient (Wildman–Crippen LogP) is 3.37. The van der Waals surface area contributed by atoms with Crippen LogP contribution in [0.1, 0.15) is 38.2 Å². The Hall–Kier alpha value is -2.22. The second-order valence-corrected chi connectivity index (χ2v) is 11.6. The molecule has 2 aromatic carbocycles. The van der Waals surface area contributed by atoms with E-state index < -0.39 is 10.0 Å². The lowest BCUT2D eigenvalue weighted by atomic mass is 9.91. The smallest absolute Gasteiger partial charge is 0.252 e. The molecule has 1 saturated carbocycles. The van der Waals surface area contributed by atoms with E-state index in [4.69, 9.17) is 4.74 Å². The first-order valence-corrected chi connectivity index (χ1v) is 13.6. The van der Waals surface area contributed by atoms with E-state index in [1.54, 1.807) is 0 Å². The lowest BCUT2D eigenvalue weighted by Crippen LogP contribution is -2.53. The molecule has 2 aliphatic heterocycles. The van der Waals surface area contributed by atoms with Gasteiger partial charge in [-0.1, -0.05) is 61.5 Å². The van der Waals surface area contributed by atoms with Gasteiger partial charge in [0.2, 0.25) is 10.0 Å². The highest BCUT2D eigenvalue weighted by molar-refractivity contribution is 7.89. The molecule has 0 aromatic heterocycles. The van der Waals surface area contributed by atoms with Crippen molar-refractivity contribution < 1.29 is 17.9 Å². The van der Waals surface area contributed by atoms with Crippen molar-refractivity contribution in [2.24, 2.45) is 5.41 Å². The fraction of sp³-hybridized carbons (Fsp3) is 0.500. The molecule has 33 heavy (non-hydrogen) atoms. The third-order valence-electron chi connectivity index (χ3n) is 7.34. The molecule has 3 aliphatic rings. The maximum Gasteiger partial charge on any atom is 0.252 e. The van der Waals surface area contributed by atoms with E-state index >= 15 is 0 Å². The predicted molar refractivity (Wildman–Crippen MR) is 128 cm³/mol. The van der Waals surface area contributed by atoms with Crippen LogP contribution >= 0.6 is 0 Å². The van der Waals surface area contributed by atoms with E-state index in [0.29, 0.717) is 26.0 Å². The van der Waals surface area contributed by atoms with Crippen molar-refractivity contribution in [2.75, 3.05) is 18.9 Å². The third-order valence-corrected chi connectivity index (χ3v) is 8.90. The summed E-state index contributed by atoms with van der Waals surface area (Å²) in [6.45, 7) is 3.09. The Morgan fingerprint density at radius 3 is 2.48 bits per heavy atom. The van der Waals surface area contributed by atoms with E-state index in [1.807, 2.05) is 36.1 Å². The number of hydrogen-bond acceptors (Lipinski definition) is 4.